The average molecular weight is 182 g/mol. The number of hydrazine groups is 1. The van der Waals surface area contributed by atoms with Crippen LogP contribution < -0.4 is 11.3 Å². The highest BCUT2D eigenvalue weighted by molar-refractivity contribution is 4.97. The van der Waals surface area contributed by atoms with E-state index >= 15 is 0 Å². The molecule has 3 nitrogen and oxygen atoms in total. The fourth-order valence-electron chi connectivity index (χ4n) is 1.84. The van der Waals surface area contributed by atoms with E-state index in [0.29, 0.717) is 6.42 Å². The van der Waals surface area contributed by atoms with Crippen molar-refractivity contribution in [2.75, 3.05) is 7.11 Å². The maximum absolute atomic E-state index is 5.49. The lowest BCUT2D eigenvalue weighted by Gasteiger charge is -2.42. The number of terminal acetylenes is 1. The van der Waals surface area contributed by atoms with Crippen LogP contribution in [0.25, 0.3) is 0 Å². The zero-order valence-corrected chi connectivity index (χ0v) is 8.18. The van der Waals surface area contributed by atoms with Crippen molar-refractivity contribution in [2.45, 2.75) is 43.7 Å². The van der Waals surface area contributed by atoms with E-state index in [1.165, 1.54) is 6.42 Å². The Bertz CT molecular complexity index is 188. The zero-order valence-electron chi connectivity index (χ0n) is 8.18. The number of methoxy groups -OCH3 is 1. The summed E-state index contributed by atoms with van der Waals surface area (Å²) in [5, 5.41) is 0. The Hall–Kier alpha value is -0.560. The first kappa shape index (κ1) is 10.5. The molecule has 1 aliphatic carbocycles. The molecule has 0 bridgehead atoms. The van der Waals surface area contributed by atoms with Crippen molar-refractivity contribution in [3.8, 4) is 12.3 Å². The lowest BCUT2D eigenvalue weighted by atomic mass is 9.75. The fraction of sp³-hybridized carbons (Fsp3) is 0.800. The molecule has 74 valence electrons. The van der Waals surface area contributed by atoms with E-state index in [9.17, 15) is 0 Å². The van der Waals surface area contributed by atoms with Crippen molar-refractivity contribution in [3.63, 3.8) is 0 Å². The second-order valence-electron chi connectivity index (χ2n) is 3.72. The van der Waals surface area contributed by atoms with Gasteiger partial charge in [0.2, 0.25) is 0 Å². The van der Waals surface area contributed by atoms with Crippen LogP contribution in [0.4, 0.5) is 0 Å². The van der Waals surface area contributed by atoms with Gasteiger partial charge in [-0.3, -0.25) is 11.3 Å². The molecule has 0 aliphatic heterocycles. The second-order valence-corrected chi connectivity index (χ2v) is 3.72. The van der Waals surface area contributed by atoms with Crippen LogP contribution in [0.3, 0.4) is 0 Å². The third-order valence-corrected chi connectivity index (χ3v) is 2.92. The van der Waals surface area contributed by atoms with Crippen LogP contribution in [-0.4, -0.2) is 18.8 Å². The molecule has 0 aromatic rings. The summed E-state index contributed by atoms with van der Waals surface area (Å²) in [7, 11) is 1.77. The van der Waals surface area contributed by atoms with Gasteiger partial charge >= 0.3 is 0 Å². The monoisotopic (exact) mass is 182 g/mol. The number of hydrogen-bond donors (Lipinski definition) is 2. The van der Waals surface area contributed by atoms with E-state index in [2.05, 4.69) is 11.3 Å². The molecule has 0 radical (unpaired) electrons. The van der Waals surface area contributed by atoms with Gasteiger partial charge in [-0.05, 0) is 25.7 Å². The van der Waals surface area contributed by atoms with E-state index in [-0.39, 0.29) is 11.6 Å². The van der Waals surface area contributed by atoms with Crippen LogP contribution in [0.2, 0.25) is 0 Å². The largest absolute Gasteiger partial charge is 0.378 e. The Morgan fingerprint density at radius 1 is 1.69 bits per heavy atom. The van der Waals surface area contributed by atoms with E-state index in [0.717, 1.165) is 19.3 Å². The number of nitrogens with one attached hydrogen (secondary N) is 1. The Labute approximate surface area is 80.0 Å². The molecule has 1 saturated carbocycles. The van der Waals surface area contributed by atoms with Crippen molar-refractivity contribution in [3.05, 3.63) is 0 Å². The molecule has 0 aromatic carbocycles. The molecule has 0 spiro atoms. The van der Waals surface area contributed by atoms with E-state index in [1.807, 2.05) is 0 Å². The van der Waals surface area contributed by atoms with Crippen molar-refractivity contribution < 1.29 is 4.74 Å². The van der Waals surface area contributed by atoms with Gasteiger partial charge in [-0.2, -0.15) is 0 Å². The molecular weight excluding hydrogens is 164 g/mol. The molecule has 1 fully saturated rings. The van der Waals surface area contributed by atoms with Gasteiger partial charge in [-0.25, -0.2) is 0 Å². The van der Waals surface area contributed by atoms with Gasteiger partial charge in [0, 0.05) is 19.6 Å². The minimum absolute atomic E-state index is 0.0495. The molecular formula is C10H18N2O. The molecule has 0 amide bonds. The topological polar surface area (TPSA) is 47.3 Å². The highest BCUT2D eigenvalue weighted by Crippen LogP contribution is 2.39. The third kappa shape index (κ3) is 2.44. The molecule has 13 heavy (non-hydrogen) atoms. The number of rotatable bonds is 5. The summed E-state index contributed by atoms with van der Waals surface area (Å²) < 4.78 is 5.49. The minimum atomic E-state index is 0.0495. The maximum atomic E-state index is 5.49. The van der Waals surface area contributed by atoms with Crippen LogP contribution in [0, 0.1) is 12.3 Å². The summed E-state index contributed by atoms with van der Waals surface area (Å²) in [5.41, 5.74) is 2.79. The molecule has 1 unspecified atom stereocenters. The summed E-state index contributed by atoms with van der Waals surface area (Å²) in [5.74, 6) is 8.01. The summed E-state index contributed by atoms with van der Waals surface area (Å²) in [4.78, 5) is 0. The predicted molar refractivity (Wildman–Crippen MR) is 52.8 cm³/mol. The normalized spacial score (nSPS) is 21.6. The van der Waals surface area contributed by atoms with Crippen LogP contribution in [0.5, 0.6) is 0 Å². The van der Waals surface area contributed by atoms with Gasteiger partial charge in [0.15, 0.2) is 0 Å². The Morgan fingerprint density at radius 2 is 2.38 bits per heavy atom. The first-order valence-electron chi connectivity index (χ1n) is 4.71. The van der Waals surface area contributed by atoms with Gasteiger partial charge in [0.05, 0.1) is 5.60 Å². The maximum Gasteiger partial charge on any atom is 0.0694 e. The van der Waals surface area contributed by atoms with Gasteiger partial charge < -0.3 is 4.74 Å². The Kier molecular flexibility index (Phi) is 3.73. The van der Waals surface area contributed by atoms with Crippen LogP contribution >= 0.6 is 0 Å². The summed E-state index contributed by atoms with van der Waals surface area (Å²) >= 11 is 0. The molecule has 0 aromatic heterocycles. The van der Waals surface area contributed by atoms with Crippen molar-refractivity contribution >= 4 is 0 Å². The van der Waals surface area contributed by atoms with Crippen LogP contribution in [0.15, 0.2) is 0 Å². The Morgan fingerprint density at radius 3 is 2.69 bits per heavy atom. The second kappa shape index (κ2) is 4.61. The molecule has 3 N–H and O–H groups in total. The van der Waals surface area contributed by atoms with E-state index in [4.69, 9.17) is 17.0 Å². The van der Waals surface area contributed by atoms with E-state index in [1.54, 1.807) is 7.11 Å². The molecule has 1 atom stereocenters. The number of ether oxygens (including phenoxy) is 1. The first-order chi connectivity index (χ1) is 6.26. The van der Waals surface area contributed by atoms with Crippen molar-refractivity contribution in [2.24, 2.45) is 5.84 Å². The van der Waals surface area contributed by atoms with E-state index < -0.39 is 0 Å². The molecule has 1 rings (SSSR count). The SMILES string of the molecule is C#CCC(CC1(OC)CCC1)NN. The average Bonchev–Trinajstić information content (AvgIpc) is 2.09. The van der Waals surface area contributed by atoms with Gasteiger partial charge in [0.1, 0.15) is 0 Å². The highest BCUT2D eigenvalue weighted by Gasteiger charge is 2.38. The van der Waals surface area contributed by atoms with Gasteiger partial charge in [-0.1, -0.05) is 0 Å². The summed E-state index contributed by atoms with van der Waals surface area (Å²) in [6.45, 7) is 0. The summed E-state index contributed by atoms with van der Waals surface area (Å²) in [6, 6.07) is 0.185. The standard InChI is InChI=1S/C10H18N2O/c1-3-5-9(12-11)8-10(13-2)6-4-7-10/h1,9,12H,4-8,11H2,2H3. The van der Waals surface area contributed by atoms with Gasteiger partial charge in [0.25, 0.3) is 0 Å². The first-order valence-corrected chi connectivity index (χ1v) is 4.71. The van der Waals surface area contributed by atoms with Crippen molar-refractivity contribution in [1.82, 2.24) is 5.43 Å². The molecule has 3 heteroatoms. The van der Waals surface area contributed by atoms with Crippen LogP contribution in [0.1, 0.15) is 32.1 Å². The molecule has 0 heterocycles. The third-order valence-electron chi connectivity index (χ3n) is 2.92. The van der Waals surface area contributed by atoms with Crippen molar-refractivity contribution in [1.29, 1.82) is 0 Å². The predicted octanol–water partition coefficient (Wildman–Crippen LogP) is 0.801. The number of hydrogen-bond acceptors (Lipinski definition) is 3. The lowest BCUT2D eigenvalue weighted by Crippen LogP contribution is -2.47. The Balaban J connectivity index is 2.40. The summed E-state index contributed by atoms with van der Waals surface area (Å²) in [6.07, 6.45) is 10.3. The molecule has 1 aliphatic rings. The minimum Gasteiger partial charge on any atom is -0.378 e. The van der Waals surface area contributed by atoms with Crippen LogP contribution in [-0.2, 0) is 4.74 Å². The lowest BCUT2D eigenvalue weighted by molar-refractivity contribution is -0.0831. The van der Waals surface area contributed by atoms with Gasteiger partial charge in [-0.15, -0.1) is 12.3 Å². The fourth-order valence-corrected chi connectivity index (χ4v) is 1.84. The quantitative estimate of drug-likeness (QED) is 0.375. The molecule has 0 saturated heterocycles. The zero-order chi connectivity index (χ0) is 9.73. The highest BCUT2D eigenvalue weighted by atomic mass is 16.5. The smallest absolute Gasteiger partial charge is 0.0694 e. The number of nitrogens with two attached hydrogens (primary N) is 1.